The lowest BCUT2D eigenvalue weighted by Gasteiger charge is -2.23. The molecule has 27 heavy (non-hydrogen) atoms. The van der Waals surface area contributed by atoms with Gasteiger partial charge < -0.3 is 15.0 Å². The number of urea groups is 1. The van der Waals surface area contributed by atoms with Crippen LogP contribution in [0.1, 0.15) is 23.6 Å². The molecule has 2 aromatic carbocycles. The van der Waals surface area contributed by atoms with Gasteiger partial charge in [-0.3, -0.25) is 0 Å². The van der Waals surface area contributed by atoms with Gasteiger partial charge in [-0.25, -0.2) is 4.79 Å². The van der Waals surface area contributed by atoms with Gasteiger partial charge in [0, 0.05) is 19.6 Å². The zero-order chi connectivity index (χ0) is 20.0. The van der Waals surface area contributed by atoms with Crippen LogP contribution in [0.3, 0.4) is 0 Å². The van der Waals surface area contributed by atoms with Crippen molar-refractivity contribution in [3.63, 3.8) is 0 Å². The summed E-state index contributed by atoms with van der Waals surface area (Å²) in [5.41, 5.74) is 0.324. The molecule has 7 heteroatoms. The molecule has 2 amide bonds. The minimum atomic E-state index is -4.45. The Morgan fingerprint density at radius 3 is 2.56 bits per heavy atom. The van der Waals surface area contributed by atoms with Crippen LogP contribution in [0.4, 0.5) is 18.0 Å². The Bertz CT molecular complexity index is 778. The maximum absolute atomic E-state index is 13.1. The summed E-state index contributed by atoms with van der Waals surface area (Å²) in [5, 5.41) is 2.81. The standard InChI is InChI=1S/C20H23F3N2O2/c1-14(11-15-7-6-9-17(12-15)27-3)24-19(26)25(2)13-16-8-4-5-10-18(16)20(21,22)23/h4-10,12,14H,11,13H2,1-3H3,(H,24,26). The van der Waals surface area contributed by atoms with E-state index in [9.17, 15) is 18.0 Å². The van der Waals surface area contributed by atoms with E-state index >= 15 is 0 Å². The summed E-state index contributed by atoms with van der Waals surface area (Å²) in [6.45, 7) is 1.71. The summed E-state index contributed by atoms with van der Waals surface area (Å²) < 4.78 is 44.4. The highest BCUT2D eigenvalue weighted by molar-refractivity contribution is 5.74. The van der Waals surface area contributed by atoms with Crippen molar-refractivity contribution in [2.45, 2.75) is 32.1 Å². The predicted molar refractivity (Wildman–Crippen MR) is 97.6 cm³/mol. The van der Waals surface area contributed by atoms with Gasteiger partial charge in [0.25, 0.3) is 0 Å². The number of carbonyl (C=O) groups excluding carboxylic acids is 1. The molecule has 0 heterocycles. The fourth-order valence-corrected chi connectivity index (χ4v) is 2.79. The molecule has 0 radical (unpaired) electrons. The molecule has 0 fully saturated rings. The molecule has 0 aliphatic carbocycles. The highest BCUT2D eigenvalue weighted by Gasteiger charge is 2.33. The number of alkyl halides is 3. The Kier molecular flexibility index (Phi) is 6.71. The fourth-order valence-electron chi connectivity index (χ4n) is 2.79. The molecule has 1 atom stereocenters. The van der Waals surface area contributed by atoms with Gasteiger partial charge in [-0.15, -0.1) is 0 Å². The van der Waals surface area contributed by atoms with E-state index in [4.69, 9.17) is 4.74 Å². The number of rotatable bonds is 6. The highest BCUT2D eigenvalue weighted by Crippen LogP contribution is 2.32. The highest BCUT2D eigenvalue weighted by atomic mass is 19.4. The van der Waals surface area contributed by atoms with Gasteiger partial charge in [0.2, 0.25) is 0 Å². The molecule has 0 bridgehead atoms. The maximum Gasteiger partial charge on any atom is 0.416 e. The van der Waals surface area contributed by atoms with Crippen LogP contribution < -0.4 is 10.1 Å². The number of nitrogens with one attached hydrogen (secondary N) is 1. The maximum atomic E-state index is 13.1. The van der Waals surface area contributed by atoms with Crippen molar-refractivity contribution in [2.75, 3.05) is 14.2 Å². The smallest absolute Gasteiger partial charge is 0.416 e. The Hall–Kier alpha value is -2.70. The Morgan fingerprint density at radius 2 is 1.89 bits per heavy atom. The number of nitrogens with zero attached hydrogens (tertiary/aromatic N) is 1. The van der Waals surface area contributed by atoms with Crippen LogP contribution in [0.2, 0.25) is 0 Å². The first kappa shape index (κ1) is 20.6. The van der Waals surface area contributed by atoms with E-state index < -0.39 is 17.8 Å². The van der Waals surface area contributed by atoms with Crippen molar-refractivity contribution < 1.29 is 22.7 Å². The molecule has 4 nitrogen and oxygen atoms in total. The van der Waals surface area contributed by atoms with Gasteiger partial charge in [-0.05, 0) is 42.7 Å². The third-order valence-electron chi connectivity index (χ3n) is 4.12. The van der Waals surface area contributed by atoms with Crippen LogP contribution in [0.25, 0.3) is 0 Å². The average molecular weight is 380 g/mol. The summed E-state index contributed by atoms with van der Waals surface area (Å²) in [7, 11) is 3.05. The molecule has 2 rings (SSSR count). The average Bonchev–Trinajstić information content (AvgIpc) is 2.61. The number of hydrogen-bond acceptors (Lipinski definition) is 2. The van der Waals surface area contributed by atoms with Crippen LogP contribution in [-0.2, 0) is 19.1 Å². The SMILES string of the molecule is COc1cccc(CC(C)NC(=O)N(C)Cc2ccccc2C(F)(F)F)c1. The van der Waals surface area contributed by atoms with Crippen LogP contribution in [0.5, 0.6) is 5.75 Å². The van der Waals surface area contributed by atoms with Gasteiger partial charge in [0.15, 0.2) is 0 Å². The molecule has 0 saturated heterocycles. The number of amides is 2. The van der Waals surface area contributed by atoms with Gasteiger partial charge in [-0.1, -0.05) is 30.3 Å². The minimum Gasteiger partial charge on any atom is -0.497 e. The topological polar surface area (TPSA) is 41.6 Å². The summed E-state index contributed by atoms with van der Waals surface area (Å²) in [6, 6.07) is 12.2. The zero-order valence-corrected chi connectivity index (χ0v) is 15.5. The largest absolute Gasteiger partial charge is 0.497 e. The van der Waals surface area contributed by atoms with E-state index in [-0.39, 0.29) is 18.2 Å². The van der Waals surface area contributed by atoms with Gasteiger partial charge in [-0.2, -0.15) is 13.2 Å². The Balaban J connectivity index is 1.97. The third kappa shape index (κ3) is 5.91. The number of benzene rings is 2. The van der Waals surface area contributed by atoms with E-state index in [2.05, 4.69) is 5.32 Å². The molecule has 1 N–H and O–H groups in total. The van der Waals surface area contributed by atoms with E-state index in [1.54, 1.807) is 7.11 Å². The van der Waals surface area contributed by atoms with Crippen LogP contribution >= 0.6 is 0 Å². The van der Waals surface area contributed by atoms with Gasteiger partial charge in [0.05, 0.1) is 12.7 Å². The molecular weight excluding hydrogens is 357 g/mol. The molecule has 0 spiro atoms. The number of methoxy groups -OCH3 is 1. The molecule has 0 aliphatic heterocycles. The van der Waals surface area contributed by atoms with Crippen molar-refractivity contribution in [1.82, 2.24) is 10.2 Å². The lowest BCUT2D eigenvalue weighted by Crippen LogP contribution is -2.42. The van der Waals surface area contributed by atoms with Crippen molar-refractivity contribution in [3.05, 3.63) is 65.2 Å². The fraction of sp³-hybridized carbons (Fsp3) is 0.350. The van der Waals surface area contributed by atoms with Crippen molar-refractivity contribution in [3.8, 4) is 5.75 Å². The van der Waals surface area contributed by atoms with Crippen molar-refractivity contribution >= 4 is 6.03 Å². The van der Waals surface area contributed by atoms with Gasteiger partial charge in [0.1, 0.15) is 5.75 Å². The minimum absolute atomic E-state index is 0.0584. The number of carbonyl (C=O) groups is 1. The summed E-state index contributed by atoms with van der Waals surface area (Å²) in [4.78, 5) is 13.6. The molecular formula is C20H23F3N2O2. The van der Waals surface area contributed by atoms with Crippen LogP contribution in [0, 0.1) is 0 Å². The van der Waals surface area contributed by atoms with E-state index in [0.29, 0.717) is 6.42 Å². The quantitative estimate of drug-likeness (QED) is 0.803. The molecule has 2 aromatic rings. The number of hydrogen-bond donors (Lipinski definition) is 1. The van der Waals surface area contributed by atoms with Crippen LogP contribution in [0.15, 0.2) is 48.5 Å². The van der Waals surface area contributed by atoms with Crippen molar-refractivity contribution in [1.29, 1.82) is 0 Å². The normalized spacial score (nSPS) is 12.4. The first-order chi connectivity index (χ1) is 12.7. The van der Waals surface area contributed by atoms with E-state index in [0.717, 1.165) is 17.4 Å². The molecule has 1 unspecified atom stereocenters. The third-order valence-corrected chi connectivity index (χ3v) is 4.12. The second kappa shape index (κ2) is 8.79. The Labute approximate surface area is 156 Å². The summed E-state index contributed by atoms with van der Waals surface area (Å²) in [6.07, 6.45) is -3.87. The zero-order valence-electron chi connectivity index (χ0n) is 15.5. The first-order valence-electron chi connectivity index (χ1n) is 8.50. The van der Waals surface area contributed by atoms with E-state index in [1.807, 2.05) is 31.2 Å². The molecule has 0 aliphatic rings. The first-order valence-corrected chi connectivity index (χ1v) is 8.50. The van der Waals surface area contributed by atoms with E-state index in [1.165, 1.54) is 30.1 Å². The molecule has 146 valence electrons. The second-order valence-corrected chi connectivity index (χ2v) is 6.42. The lowest BCUT2D eigenvalue weighted by molar-refractivity contribution is -0.138. The monoisotopic (exact) mass is 380 g/mol. The molecule has 0 saturated carbocycles. The summed E-state index contributed by atoms with van der Waals surface area (Å²) >= 11 is 0. The number of halogens is 3. The number of ether oxygens (including phenoxy) is 1. The van der Waals surface area contributed by atoms with Crippen LogP contribution in [-0.4, -0.2) is 31.1 Å². The predicted octanol–water partition coefficient (Wildman–Crippen LogP) is 4.49. The van der Waals surface area contributed by atoms with Gasteiger partial charge >= 0.3 is 12.2 Å². The molecule has 0 aromatic heterocycles. The second-order valence-electron chi connectivity index (χ2n) is 6.42. The Morgan fingerprint density at radius 1 is 1.19 bits per heavy atom. The lowest BCUT2D eigenvalue weighted by atomic mass is 10.1. The summed E-state index contributed by atoms with van der Waals surface area (Å²) in [5.74, 6) is 0.729. The van der Waals surface area contributed by atoms with Crippen molar-refractivity contribution in [2.24, 2.45) is 0 Å².